The Labute approximate surface area is 85.4 Å². The molecule has 0 bridgehead atoms. The second-order valence-corrected chi connectivity index (χ2v) is 2.84. The molecular formula is C9H9N5O. The molecule has 76 valence electrons. The van der Waals surface area contributed by atoms with Crippen LogP contribution in [0.4, 0.5) is 5.82 Å². The summed E-state index contributed by atoms with van der Waals surface area (Å²) in [6, 6.07) is 3.60. The molecule has 15 heavy (non-hydrogen) atoms. The lowest BCUT2D eigenvalue weighted by Crippen LogP contribution is -2.15. The van der Waals surface area contributed by atoms with Crippen LogP contribution in [0.5, 0.6) is 0 Å². The largest absolute Gasteiger partial charge is 0.360 e. The van der Waals surface area contributed by atoms with Crippen molar-refractivity contribution in [3.63, 3.8) is 0 Å². The van der Waals surface area contributed by atoms with Crippen molar-refractivity contribution in [1.29, 1.82) is 0 Å². The number of nitrogens with zero attached hydrogens (tertiary/aromatic N) is 3. The summed E-state index contributed by atoms with van der Waals surface area (Å²) in [7, 11) is 0. The standard InChI is InChI=1S/C9H9N5O/c15-9-8(10-4-5-11-9)12-6-7-2-1-3-13-14-7/h1-5H,6H2,(H,10,12)(H,11,15). The van der Waals surface area contributed by atoms with Gasteiger partial charge in [0.1, 0.15) is 0 Å². The van der Waals surface area contributed by atoms with Crippen molar-refractivity contribution in [2.45, 2.75) is 6.54 Å². The molecule has 0 fully saturated rings. The smallest absolute Gasteiger partial charge is 0.290 e. The minimum absolute atomic E-state index is 0.249. The summed E-state index contributed by atoms with van der Waals surface area (Å²) in [5.74, 6) is 0.281. The van der Waals surface area contributed by atoms with Crippen LogP contribution in [0.2, 0.25) is 0 Å². The highest BCUT2D eigenvalue weighted by Gasteiger charge is 1.99. The first-order valence-corrected chi connectivity index (χ1v) is 4.40. The highest BCUT2D eigenvalue weighted by Crippen LogP contribution is 1.96. The summed E-state index contributed by atoms with van der Waals surface area (Å²) >= 11 is 0. The Bertz CT molecular complexity index is 481. The molecule has 0 unspecified atom stereocenters. The Kier molecular flexibility index (Phi) is 2.68. The van der Waals surface area contributed by atoms with Gasteiger partial charge in [-0.15, -0.1) is 0 Å². The number of anilines is 1. The van der Waals surface area contributed by atoms with Crippen LogP contribution in [0.15, 0.2) is 35.5 Å². The Balaban J connectivity index is 2.06. The van der Waals surface area contributed by atoms with E-state index in [1.165, 1.54) is 12.4 Å². The lowest BCUT2D eigenvalue weighted by atomic mass is 10.4. The number of nitrogens with one attached hydrogen (secondary N) is 2. The molecule has 0 amide bonds. The van der Waals surface area contributed by atoms with Gasteiger partial charge in [-0.05, 0) is 12.1 Å². The van der Waals surface area contributed by atoms with Gasteiger partial charge in [0, 0.05) is 18.6 Å². The van der Waals surface area contributed by atoms with E-state index in [4.69, 9.17) is 0 Å². The fraction of sp³-hybridized carbons (Fsp3) is 0.111. The number of hydrogen-bond donors (Lipinski definition) is 2. The van der Waals surface area contributed by atoms with Crippen LogP contribution >= 0.6 is 0 Å². The fourth-order valence-corrected chi connectivity index (χ4v) is 1.08. The second-order valence-electron chi connectivity index (χ2n) is 2.84. The van der Waals surface area contributed by atoms with Crippen molar-refractivity contribution < 1.29 is 0 Å². The maximum atomic E-state index is 11.2. The molecule has 2 heterocycles. The van der Waals surface area contributed by atoms with E-state index in [0.29, 0.717) is 6.54 Å². The van der Waals surface area contributed by atoms with E-state index < -0.39 is 0 Å². The first-order chi connectivity index (χ1) is 7.36. The van der Waals surface area contributed by atoms with E-state index in [9.17, 15) is 4.79 Å². The topological polar surface area (TPSA) is 83.6 Å². The predicted octanol–water partition coefficient (Wildman–Crippen LogP) is 0.172. The first-order valence-electron chi connectivity index (χ1n) is 4.40. The van der Waals surface area contributed by atoms with Crippen LogP contribution < -0.4 is 10.9 Å². The Hall–Kier alpha value is -2.24. The highest BCUT2D eigenvalue weighted by atomic mass is 16.1. The van der Waals surface area contributed by atoms with Crippen molar-refractivity contribution in [1.82, 2.24) is 20.2 Å². The quantitative estimate of drug-likeness (QED) is 0.743. The van der Waals surface area contributed by atoms with Crippen LogP contribution in [0, 0.1) is 0 Å². The highest BCUT2D eigenvalue weighted by molar-refractivity contribution is 5.30. The number of hydrogen-bond acceptors (Lipinski definition) is 5. The first kappa shape index (κ1) is 9.32. The van der Waals surface area contributed by atoms with Crippen LogP contribution in [-0.2, 0) is 6.54 Å². The van der Waals surface area contributed by atoms with Crippen molar-refractivity contribution in [3.8, 4) is 0 Å². The zero-order chi connectivity index (χ0) is 10.5. The van der Waals surface area contributed by atoms with Crippen molar-refractivity contribution in [3.05, 3.63) is 46.8 Å². The third-order valence-electron chi connectivity index (χ3n) is 1.77. The molecule has 0 saturated heterocycles. The van der Waals surface area contributed by atoms with Crippen LogP contribution in [0.3, 0.4) is 0 Å². The van der Waals surface area contributed by atoms with Gasteiger partial charge in [-0.3, -0.25) is 4.79 Å². The molecule has 0 aliphatic rings. The zero-order valence-electron chi connectivity index (χ0n) is 7.84. The van der Waals surface area contributed by atoms with E-state index >= 15 is 0 Å². The maximum absolute atomic E-state index is 11.2. The molecule has 0 aliphatic carbocycles. The second kappa shape index (κ2) is 4.32. The third-order valence-corrected chi connectivity index (χ3v) is 1.77. The van der Waals surface area contributed by atoms with Gasteiger partial charge >= 0.3 is 0 Å². The van der Waals surface area contributed by atoms with Crippen molar-refractivity contribution >= 4 is 5.82 Å². The van der Waals surface area contributed by atoms with Gasteiger partial charge in [-0.25, -0.2) is 4.98 Å². The maximum Gasteiger partial charge on any atom is 0.290 e. The molecular weight excluding hydrogens is 194 g/mol. The van der Waals surface area contributed by atoms with E-state index in [1.54, 1.807) is 12.3 Å². The average Bonchev–Trinajstić information content (AvgIpc) is 2.29. The molecule has 6 nitrogen and oxygen atoms in total. The molecule has 0 radical (unpaired) electrons. The number of rotatable bonds is 3. The van der Waals surface area contributed by atoms with Crippen LogP contribution in [0.1, 0.15) is 5.69 Å². The van der Waals surface area contributed by atoms with E-state index in [2.05, 4.69) is 25.5 Å². The van der Waals surface area contributed by atoms with Gasteiger partial charge in [0.05, 0.1) is 12.2 Å². The van der Waals surface area contributed by atoms with Crippen LogP contribution in [0.25, 0.3) is 0 Å². The SMILES string of the molecule is O=c1[nH]ccnc1NCc1cccnn1. The van der Waals surface area contributed by atoms with Gasteiger partial charge in [-0.1, -0.05) is 0 Å². The minimum Gasteiger partial charge on any atom is -0.360 e. The molecule has 0 aromatic carbocycles. The molecule has 2 rings (SSSR count). The van der Waals surface area contributed by atoms with Gasteiger partial charge < -0.3 is 10.3 Å². The van der Waals surface area contributed by atoms with Crippen LogP contribution in [-0.4, -0.2) is 20.2 Å². The van der Waals surface area contributed by atoms with Gasteiger partial charge in [0.25, 0.3) is 5.56 Å². The third kappa shape index (κ3) is 2.37. The normalized spacial score (nSPS) is 9.87. The molecule has 0 spiro atoms. The Morgan fingerprint density at radius 1 is 1.40 bits per heavy atom. The van der Waals surface area contributed by atoms with E-state index in [-0.39, 0.29) is 11.4 Å². The summed E-state index contributed by atoms with van der Waals surface area (Å²) < 4.78 is 0. The van der Waals surface area contributed by atoms with Crippen molar-refractivity contribution in [2.24, 2.45) is 0 Å². The van der Waals surface area contributed by atoms with Gasteiger partial charge in [0.2, 0.25) is 0 Å². The van der Waals surface area contributed by atoms with E-state index in [1.807, 2.05) is 6.07 Å². The lowest BCUT2D eigenvalue weighted by Gasteiger charge is -2.01. The molecule has 2 N–H and O–H groups in total. The number of aromatic amines is 1. The number of aromatic nitrogens is 4. The summed E-state index contributed by atoms with van der Waals surface area (Å²) in [6.45, 7) is 0.425. The minimum atomic E-state index is -0.249. The molecule has 2 aromatic rings. The molecule has 0 saturated carbocycles. The molecule has 2 aromatic heterocycles. The Morgan fingerprint density at radius 2 is 2.33 bits per heavy atom. The van der Waals surface area contributed by atoms with E-state index in [0.717, 1.165) is 5.69 Å². The molecule has 0 aliphatic heterocycles. The van der Waals surface area contributed by atoms with Gasteiger partial charge in [0.15, 0.2) is 5.82 Å². The summed E-state index contributed by atoms with van der Waals surface area (Å²) in [5.41, 5.74) is 0.504. The molecule has 6 heteroatoms. The van der Waals surface area contributed by atoms with Crippen molar-refractivity contribution in [2.75, 3.05) is 5.32 Å². The predicted molar refractivity (Wildman–Crippen MR) is 54.2 cm³/mol. The monoisotopic (exact) mass is 203 g/mol. The Morgan fingerprint density at radius 3 is 3.07 bits per heavy atom. The average molecular weight is 203 g/mol. The molecule has 0 atom stereocenters. The fourth-order valence-electron chi connectivity index (χ4n) is 1.08. The lowest BCUT2D eigenvalue weighted by molar-refractivity contribution is 0.916. The summed E-state index contributed by atoms with van der Waals surface area (Å²) in [6.07, 6.45) is 4.59. The number of H-pyrrole nitrogens is 1. The zero-order valence-corrected chi connectivity index (χ0v) is 7.84. The van der Waals surface area contributed by atoms with Gasteiger partial charge in [-0.2, -0.15) is 10.2 Å². The summed E-state index contributed by atoms with van der Waals surface area (Å²) in [5, 5.41) is 10.5. The summed E-state index contributed by atoms with van der Waals surface area (Å²) in [4.78, 5) is 17.6.